The molecule has 170 valence electrons. The van der Waals surface area contributed by atoms with Crippen molar-refractivity contribution in [2.24, 2.45) is 0 Å². The Bertz CT molecular complexity index is 1090. The Balaban J connectivity index is 1.38. The maximum Gasteiger partial charge on any atom is 0.224 e. The van der Waals surface area contributed by atoms with Crippen molar-refractivity contribution in [1.29, 1.82) is 0 Å². The number of hydrogen-bond acceptors (Lipinski definition) is 5. The first-order valence-electron chi connectivity index (χ1n) is 11.5. The molecule has 3 heterocycles. The van der Waals surface area contributed by atoms with E-state index in [1.165, 1.54) is 11.3 Å². The van der Waals surface area contributed by atoms with Crippen molar-refractivity contribution in [3.8, 4) is 0 Å². The van der Waals surface area contributed by atoms with Crippen molar-refractivity contribution in [1.82, 2.24) is 19.7 Å². The van der Waals surface area contributed by atoms with Crippen molar-refractivity contribution in [3.05, 3.63) is 47.3 Å². The topological polar surface area (TPSA) is 66.3 Å². The lowest BCUT2D eigenvalue weighted by Crippen LogP contribution is -2.44. The number of benzene rings is 1. The van der Waals surface area contributed by atoms with Gasteiger partial charge in [0.15, 0.2) is 5.65 Å². The van der Waals surface area contributed by atoms with Crippen LogP contribution < -0.4 is 10.2 Å². The zero-order valence-electron chi connectivity index (χ0n) is 19.9. The molecule has 1 amide bonds. The van der Waals surface area contributed by atoms with Crippen LogP contribution >= 0.6 is 0 Å². The zero-order chi connectivity index (χ0) is 22.8. The maximum atomic E-state index is 12.6. The van der Waals surface area contributed by atoms with Crippen molar-refractivity contribution >= 4 is 28.3 Å². The number of fused-ring (bicyclic) bond motifs is 1. The monoisotopic (exact) mass is 434 g/mol. The highest BCUT2D eigenvalue weighted by Crippen LogP contribution is 2.25. The summed E-state index contributed by atoms with van der Waals surface area (Å²) in [6, 6.07) is 8.45. The van der Waals surface area contributed by atoms with Gasteiger partial charge in [0.25, 0.3) is 0 Å². The number of pyridine rings is 1. The molecule has 1 aliphatic heterocycles. The first-order valence-corrected chi connectivity index (χ1v) is 11.5. The highest BCUT2D eigenvalue weighted by atomic mass is 16.1. The fraction of sp³-hybridized carbons (Fsp3) is 0.480. The molecule has 0 unspecified atom stereocenters. The first kappa shape index (κ1) is 22.3. The van der Waals surface area contributed by atoms with Crippen molar-refractivity contribution in [2.45, 2.75) is 46.6 Å². The molecular formula is C25H34N6O. The molecule has 0 atom stereocenters. The first-order chi connectivity index (χ1) is 15.3. The average Bonchev–Trinajstić information content (AvgIpc) is 3.19. The molecule has 1 aliphatic rings. The molecule has 0 bridgehead atoms. The molecule has 7 heteroatoms. The van der Waals surface area contributed by atoms with E-state index in [0.717, 1.165) is 54.2 Å². The van der Waals surface area contributed by atoms with Crippen LogP contribution in [-0.4, -0.2) is 58.8 Å². The number of rotatable bonds is 6. The Morgan fingerprint density at radius 2 is 1.78 bits per heavy atom. The van der Waals surface area contributed by atoms with E-state index >= 15 is 0 Å². The average molecular weight is 435 g/mol. The van der Waals surface area contributed by atoms with Crippen LogP contribution in [-0.2, 0) is 11.2 Å². The quantitative estimate of drug-likeness (QED) is 0.636. The number of amides is 1. The van der Waals surface area contributed by atoms with Crippen LogP contribution in [0.2, 0.25) is 0 Å². The van der Waals surface area contributed by atoms with E-state index in [1.54, 1.807) is 0 Å². The van der Waals surface area contributed by atoms with Crippen LogP contribution in [0.4, 0.5) is 11.4 Å². The van der Waals surface area contributed by atoms with Gasteiger partial charge in [-0.15, -0.1) is 0 Å². The summed E-state index contributed by atoms with van der Waals surface area (Å²) in [7, 11) is 2.16. The normalized spacial score (nSPS) is 15.0. The molecule has 0 saturated carbocycles. The number of nitrogens with one attached hydrogen (secondary N) is 1. The van der Waals surface area contributed by atoms with Gasteiger partial charge < -0.3 is 15.1 Å². The summed E-state index contributed by atoms with van der Waals surface area (Å²) in [5, 5.41) is 8.61. The molecule has 4 rings (SSSR count). The van der Waals surface area contributed by atoms with Crippen molar-refractivity contribution in [2.75, 3.05) is 43.4 Å². The third-order valence-corrected chi connectivity index (χ3v) is 6.45. The summed E-state index contributed by atoms with van der Waals surface area (Å²) in [5.74, 6) is 0.0223. The van der Waals surface area contributed by atoms with Crippen LogP contribution in [0.25, 0.3) is 11.0 Å². The predicted molar refractivity (Wildman–Crippen MR) is 130 cm³/mol. The summed E-state index contributed by atoms with van der Waals surface area (Å²) in [6.07, 6.45) is 2.98. The summed E-state index contributed by atoms with van der Waals surface area (Å²) < 4.78 is 1.96. The molecule has 0 spiro atoms. The van der Waals surface area contributed by atoms with E-state index in [9.17, 15) is 4.79 Å². The Hall–Kier alpha value is -2.93. The predicted octanol–water partition coefficient (Wildman–Crippen LogP) is 3.95. The summed E-state index contributed by atoms with van der Waals surface area (Å²) in [5.41, 5.74) is 6.26. The number of aromatic nitrogens is 3. The van der Waals surface area contributed by atoms with E-state index in [1.807, 2.05) is 29.9 Å². The lowest BCUT2D eigenvalue weighted by atomic mass is 10.0. The maximum absolute atomic E-state index is 12.6. The van der Waals surface area contributed by atoms with Crippen LogP contribution in [0.15, 0.2) is 30.5 Å². The molecule has 1 saturated heterocycles. The number of anilines is 2. The van der Waals surface area contributed by atoms with E-state index in [2.05, 4.69) is 60.2 Å². The van der Waals surface area contributed by atoms with Gasteiger partial charge in [0.05, 0.1) is 6.20 Å². The summed E-state index contributed by atoms with van der Waals surface area (Å²) >= 11 is 0. The molecule has 0 radical (unpaired) electrons. The van der Waals surface area contributed by atoms with Gasteiger partial charge in [-0.2, -0.15) is 5.10 Å². The van der Waals surface area contributed by atoms with Crippen LogP contribution in [0.1, 0.15) is 43.1 Å². The van der Waals surface area contributed by atoms with Gasteiger partial charge in [-0.25, -0.2) is 9.67 Å². The van der Waals surface area contributed by atoms with Gasteiger partial charge in [-0.3, -0.25) is 4.79 Å². The lowest BCUT2D eigenvalue weighted by molar-refractivity contribution is -0.116. The van der Waals surface area contributed by atoms with Gasteiger partial charge >= 0.3 is 0 Å². The second-order valence-electron chi connectivity index (χ2n) is 9.11. The van der Waals surface area contributed by atoms with E-state index in [0.29, 0.717) is 12.8 Å². The number of likely N-dealkylation sites (N-methyl/N-ethyl adjacent to an activating group) is 1. The third-order valence-electron chi connectivity index (χ3n) is 6.45. The van der Waals surface area contributed by atoms with E-state index < -0.39 is 0 Å². The number of nitrogens with zero attached hydrogens (tertiary/aromatic N) is 5. The minimum absolute atomic E-state index is 0.0223. The third kappa shape index (κ3) is 4.63. The number of carbonyl (C=O) groups excluding carboxylic acids is 1. The number of hydrogen-bond donors (Lipinski definition) is 1. The standard InChI is InChI=1S/C25H34N6O/c1-17(2)31-25-23(16-26-31)18(3)22(19(4)27-25)10-11-24(32)28-20-6-8-21(9-7-20)30-14-12-29(5)13-15-30/h6-9,16-17H,10-15H2,1-5H3,(H,28,32). The number of aryl methyl sites for hydroxylation is 2. The highest BCUT2D eigenvalue weighted by molar-refractivity contribution is 5.91. The fourth-order valence-corrected chi connectivity index (χ4v) is 4.42. The molecular weight excluding hydrogens is 400 g/mol. The molecule has 1 N–H and O–H groups in total. The Kier molecular flexibility index (Phi) is 6.46. The van der Waals surface area contributed by atoms with Gasteiger partial charge in [-0.05, 0) is 76.6 Å². The molecule has 2 aromatic heterocycles. The van der Waals surface area contributed by atoms with Gasteiger partial charge in [0.2, 0.25) is 5.91 Å². The minimum atomic E-state index is 0.0223. The Labute approximate surface area is 190 Å². The molecule has 1 aromatic carbocycles. The lowest BCUT2D eigenvalue weighted by Gasteiger charge is -2.34. The molecule has 7 nitrogen and oxygen atoms in total. The summed E-state index contributed by atoms with van der Waals surface area (Å²) in [4.78, 5) is 22.2. The second-order valence-corrected chi connectivity index (χ2v) is 9.11. The van der Waals surface area contributed by atoms with Crippen molar-refractivity contribution < 1.29 is 4.79 Å². The minimum Gasteiger partial charge on any atom is -0.369 e. The molecule has 0 aliphatic carbocycles. The largest absolute Gasteiger partial charge is 0.369 e. The number of piperazine rings is 1. The summed E-state index contributed by atoms with van der Waals surface area (Å²) in [6.45, 7) is 12.6. The Morgan fingerprint density at radius 3 is 2.44 bits per heavy atom. The van der Waals surface area contributed by atoms with Crippen LogP contribution in [0.5, 0.6) is 0 Å². The highest BCUT2D eigenvalue weighted by Gasteiger charge is 2.17. The zero-order valence-corrected chi connectivity index (χ0v) is 19.9. The molecule has 32 heavy (non-hydrogen) atoms. The fourth-order valence-electron chi connectivity index (χ4n) is 4.42. The van der Waals surface area contributed by atoms with Gasteiger partial charge in [0, 0.05) is 61.1 Å². The second kappa shape index (κ2) is 9.28. The Morgan fingerprint density at radius 1 is 1.09 bits per heavy atom. The van der Waals surface area contributed by atoms with Gasteiger partial charge in [-0.1, -0.05) is 0 Å². The van der Waals surface area contributed by atoms with Crippen LogP contribution in [0.3, 0.4) is 0 Å². The van der Waals surface area contributed by atoms with E-state index in [-0.39, 0.29) is 11.9 Å². The van der Waals surface area contributed by atoms with Crippen LogP contribution in [0, 0.1) is 13.8 Å². The number of carbonyl (C=O) groups is 1. The molecule has 1 fully saturated rings. The molecule has 3 aromatic rings. The van der Waals surface area contributed by atoms with Gasteiger partial charge in [0.1, 0.15) is 0 Å². The van der Waals surface area contributed by atoms with E-state index in [4.69, 9.17) is 4.98 Å². The van der Waals surface area contributed by atoms with Crippen molar-refractivity contribution in [3.63, 3.8) is 0 Å². The SMILES string of the molecule is Cc1nc2c(cnn2C(C)C)c(C)c1CCC(=O)Nc1ccc(N2CCN(C)CC2)cc1. The smallest absolute Gasteiger partial charge is 0.224 e.